The maximum absolute atomic E-state index is 14.3. The smallest absolute Gasteiger partial charge is 0.253 e. The molecule has 2 saturated heterocycles. The van der Waals surface area contributed by atoms with Gasteiger partial charge in [0.15, 0.2) is 11.6 Å². The van der Waals surface area contributed by atoms with Crippen LogP contribution in [0.4, 0.5) is 14.6 Å². The van der Waals surface area contributed by atoms with E-state index in [2.05, 4.69) is 9.88 Å². The second-order valence-corrected chi connectivity index (χ2v) is 10.3. The van der Waals surface area contributed by atoms with E-state index < -0.39 is 17.7 Å². The second-order valence-electron chi connectivity index (χ2n) is 9.97. The number of carbonyl (C=O) groups excluding carboxylic acids is 1. The summed E-state index contributed by atoms with van der Waals surface area (Å²) in [6, 6.07) is 11.6. The number of rotatable bonds is 6. The Balaban J connectivity index is 1.27. The van der Waals surface area contributed by atoms with Gasteiger partial charge in [0, 0.05) is 42.0 Å². The summed E-state index contributed by atoms with van der Waals surface area (Å²) in [6.45, 7) is 5.48. The first kappa shape index (κ1) is 26.4. The zero-order valence-electron chi connectivity index (χ0n) is 21.3. The lowest BCUT2D eigenvalue weighted by Crippen LogP contribution is -2.45. The van der Waals surface area contributed by atoms with E-state index in [-0.39, 0.29) is 28.1 Å². The molecule has 2 N–H and O–H groups in total. The van der Waals surface area contributed by atoms with Crippen molar-refractivity contribution in [1.82, 2.24) is 14.8 Å². The van der Waals surface area contributed by atoms with Gasteiger partial charge in [-0.05, 0) is 81.6 Å². The van der Waals surface area contributed by atoms with Crippen molar-refractivity contribution in [3.63, 3.8) is 0 Å². The molecule has 3 aromatic rings. The van der Waals surface area contributed by atoms with Crippen LogP contribution in [0.1, 0.15) is 54.6 Å². The van der Waals surface area contributed by atoms with E-state index >= 15 is 0 Å². The Hall–Kier alpha value is -3.23. The van der Waals surface area contributed by atoms with Crippen LogP contribution in [0.25, 0.3) is 11.1 Å². The molecule has 3 heterocycles. The van der Waals surface area contributed by atoms with Crippen LogP contribution < -0.4 is 10.5 Å². The van der Waals surface area contributed by atoms with Crippen molar-refractivity contribution in [2.24, 2.45) is 0 Å². The minimum atomic E-state index is -0.910. The summed E-state index contributed by atoms with van der Waals surface area (Å²) in [4.78, 5) is 21.8. The number of pyridine rings is 1. The molecular formula is C29H31ClF2N4O2. The monoisotopic (exact) mass is 540 g/mol. The molecule has 0 aliphatic carbocycles. The van der Waals surface area contributed by atoms with Crippen LogP contribution in [-0.2, 0) is 0 Å². The first-order valence-electron chi connectivity index (χ1n) is 13.0. The number of nitrogen functional groups attached to an aromatic ring is 1. The van der Waals surface area contributed by atoms with Crippen molar-refractivity contribution >= 4 is 23.3 Å². The number of halogens is 3. The van der Waals surface area contributed by atoms with Crippen LogP contribution in [0, 0.1) is 11.6 Å². The molecule has 2 aliphatic rings. The average Bonchev–Trinajstić information content (AvgIpc) is 3.47. The van der Waals surface area contributed by atoms with Crippen LogP contribution in [0.15, 0.2) is 48.7 Å². The molecule has 2 aromatic carbocycles. The number of nitrogens with two attached hydrogens (primary N) is 1. The number of hydrogen-bond donors (Lipinski definition) is 1. The zero-order valence-corrected chi connectivity index (χ0v) is 22.1. The number of benzene rings is 2. The van der Waals surface area contributed by atoms with Gasteiger partial charge in [0.25, 0.3) is 5.91 Å². The van der Waals surface area contributed by atoms with Gasteiger partial charge in [-0.15, -0.1) is 0 Å². The topological polar surface area (TPSA) is 71.7 Å². The summed E-state index contributed by atoms with van der Waals surface area (Å²) < 4.78 is 34.1. The van der Waals surface area contributed by atoms with Crippen LogP contribution in [-0.4, -0.2) is 52.9 Å². The maximum atomic E-state index is 14.3. The number of ether oxygens (including phenoxy) is 1. The van der Waals surface area contributed by atoms with Gasteiger partial charge in [-0.2, -0.15) is 0 Å². The highest BCUT2D eigenvalue weighted by atomic mass is 35.5. The Bertz CT molecular complexity index is 1310. The third-order valence-corrected chi connectivity index (χ3v) is 7.93. The molecule has 1 amide bonds. The normalized spacial score (nSPS) is 17.5. The van der Waals surface area contributed by atoms with Crippen molar-refractivity contribution in [3.8, 4) is 16.9 Å². The Kier molecular flexibility index (Phi) is 7.81. The SMILES string of the molecule is CC(Oc1cc(-c2ccc(C(=O)N3CCC(N4CCCC4)CC3)cc2)cnc1N)c1c(F)ccc(F)c1Cl. The van der Waals surface area contributed by atoms with Gasteiger partial charge in [0.1, 0.15) is 17.7 Å². The Labute approximate surface area is 226 Å². The molecular weight excluding hydrogens is 510 g/mol. The van der Waals surface area contributed by atoms with Crippen molar-refractivity contribution in [3.05, 3.63) is 76.4 Å². The van der Waals surface area contributed by atoms with Gasteiger partial charge in [0.2, 0.25) is 0 Å². The fourth-order valence-electron chi connectivity index (χ4n) is 5.40. The second kappa shape index (κ2) is 11.3. The first-order chi connectivity index (χ1) is 18.3. The van der Waals surface area contributed by atoms with E-state index in [4.69, 9.17) is 22.1 Å². The van der Waals surface area contributed by atoms with Gasteiger partial charge in [-0.3, -0.25) is 4.79 Å². The molecule has 0 radical (unpaired) electrons. The summed E-state index contributed by atoms with van der Waals surface area (Å²) >= 11 is 5.98. The van der Waals surface area contributed by atoms with Gasteiger partial charge in [0.05, 0.1) is 5.02 Å². The number of anilines is 1. The van der Waals surface area contributed by atoms with Gasteiger partial charge < -0.3 is 20.3 Å². The van der Waals surface area contributed by atoms with Crippen molar-refractivity contribution in [2.75, 3.05) is 31.9 Å². The third-order valence-electron chi connectivity index (χ3n) is 7.55. The molecule has 2 aliphatic heterocycles. The highest BCUT2D eigenvalue weighted by Gasteiger charge is 2.28. The van der Waals surface area contributed by atoms with Gasteiger partial charge >= 0.3 is 0 Å². The highest BCUT2D eigenvalue weighted by molar-refractivity contribution is 6.31. The zero-order chi connectivity index (χ0) is 26.8. The van der Waals surface area contributed by atoms with E-state index in [1.807, 2.05) is 29.2 Å². The lowest BCUT2D eigenvalue weighted by Gasteiger charge is -2.36. The molecule has 0 spiro atoms. The van der Waals surface area contributed by atoms with Crippen LogP contribution in [0.3, 0.4) is 0 Å². The number of amides is 1. The van der Waals surface area contributed by atoms with E-state index in [1.54, 1.807) is 19.2 Å². The van der Waals surface area contributed by atoms with E-state index in [9.17, 15) is 13.6 Å². The van der Waals surface area contributed by atoms with Crippen LogP contribution >= 0.6 is 11.6 Å². The minimum absolute atomic E-state index is 0.0405. The van der Waals surface area contributed by atoms with Gasteiger partial charge in [-0.25, -0.2) is 13.8 Å². The molecule has 0 saturated carbocycles. The summed E-state index contributed by atoms with van der Waals surface area (Å²) in [7, 11) is 0. The lowest BCUT2D eigenvalue weighted by molar-refractivity contribution is 0.0644. The molecule has 1 aromatic heterocycles. The van der Waals surface area contributed by atoms with Crippen molar-refractivity contribution < 1.29 is 18.3 Å². The fourth-order valence-corrected chi connectivity index (χ4v) is 5.71. The number of piperidine rings is 1. The Morgan fingerprint density at radius 1 is 1.03 bits per heavy atom. The molecule has 0 bridgehead atoms. The van der Waals surface area contributed by atoms with Crippen LogP contribution in [0.2, 0.25) is 5.02 Å². The maximum Gasteiger partial charge on any atom is 0.253 e. The molecule has 1 unspecified atom stereocenters. The average molecular weight is 541 g/mol. The van der Waals surface area contributed by atoms with Gasteiger partial charge in [-0.1, -0.05) is 23.7 Å². The molecule has 2 fully saturated rings. The van der Waals surface area contributed by atoms with E-state index in [0.29, 0.717) is 17.2 Å². The Morgan fingerprint density at radius 3 is 2.37 bits per heavy atom. The highest BCUT2D eigenvalue weighted by Crippen LogP contribution is 2.35. The van der Waals surface area contributed by atoms with E-state index in [1.165, 1.54) is 25.9 Å². The number of carbonyl (C=O) groups is 1. The predicted octanol–water partition coefficient (Wildman–Crippen LogP) is 6.10. The number of nitrogens with zero attached hydrogens (tertiary/aromatic N) is 3. The standard InChI is InChI=1S/C29H31ClF2N4O2/c1-18(26-23(31)8-9-24(32)27(26)30)38-25-16-21(17-34-28(25)33)19-4-6-20(7-5-19)29(37)36-14-10-22(11-15-36)35-12-2-3-13-35/h4-9,16-18,22H,2-3,10-15H2,1H3,(H2,33,34). The Morgan fingerprint density at radius 2 is 1.68 bits per heavy atom. The van der Waals surface area contributed by atoms with E-state index in [0.717, 1.165) is 43.6 Å². The third kappa shape index (κ3) is 5.47. The summed E-state index contributed by atoms with van der Waals surface area (Å²) in [5.74, 6) is -1.04. The molecule has 9 heteroatoms. The number of hydrogen-bond acceptors (Lipinski definition) is 5. The fraction of sp³-hybridized carbons (Fsp3) is 0.379. The minimum Gasteiger partial charge on any atom is -0.482 e. The number of likely N-dealkylation sites (tertiary alicyclic amines) is 2. The van der Waals surface area contributed by atoms with Crippen molar-refractivity contribution in [2.45, 2.75) is 44.8 Å². The summed E-state index contributed by atoms with van der Waals surface area (Å²) in [5, 5.41) is -0.333. The summed E-state index contributed by atoms with van der Waals surface area (Å²) in [6.07, 6.45) is 5.29. The number of aromatic nitrogens is 1. The first-order valence-corrected chi connectivity index (χ1v) is 13.4. The molecule has 5 rings (SSSR count). The molecule has 6 nitrogen and oxygen atoms in total. The summed E-state index contributed by atoms with van der Waals surface area (Å²) in [5.41, 5.74) is 8.07. The van der Waals surface area contributed by atoms with Crippen LogP contribution in [0.5, 0.6) is 5.75 Å². The molecule has 1 atom stereocenters. The largest absolute Gasteiger partial charge is 0.482 e. The lowest BCUT2D eigenvalue weighted by atomic mass is 10.0. The predicted molar refractivity (Wildman–Crippen MR) is 144 cm³/mol. The van der Waals surface area contributed by atoms with Crippen molar-refractivity contribution in [1.29, 1.82) is 0 Å². The quantitative estimate of drug-likeness (QED) is 0.382. The molecule has 200 valence electrons. The molecule has 38 heavy (non-hydrogen) atoms.